The minimum absolute atomic E-state index is 0.229. The molecule has 0 bridgehead atoms. The van der Waals surface area contributed by atoms with Gasteiger partial charge in [-0.1, -0.05) is 31.2 Å². The third-order valence-corrected chi connectivity index (χ3v) is 3.44. The normalized spacial score (nSPS) is 12.1. The summed E-state index contributed by atoms with van der Waals surface area (Å²) in [6, 6.07) is 7.62. The largest absolute Gasteiger partial charge is 0.483 e. The number of ether oxygens (including phenoxy) is 2. The Morgan fingerprint density at radius 2 is 1.90 bits per heavy atom. The number of carbonyl (C=O) groups is 1. The molecular formula is C18H26O3. The first-order chi connectivity index (χ1) is 9.90. The van der Waals surface area contributed by atoms with Crippen LogP contribution in [0.4, 0.5) is 0 Å². The summed E-state index contributed by atoms with van der Waals surface area (Å²) >= 11 is 0. The van der Waals surface area contributed by atoms with E-state index in [4.69, 9.17) is 9.47 Å². The molecule has 0 spiro atoms. The van der Waals surface area contributed by atoms with Gasteiger partial charge in [0.2, 0.25) is 0 Å². The standard InChI is InChI=1S/C18H26O3/c1-6-10-14(3)18(4,5)21-16-12-9-8-11-15(16)13-17(19)20-7-2/h8-12H,6-7,13H2,1-5H3/b14-10+. The lowest BCUT2D eigenvalue weighted by atomic mass is 9.98. The second-order valence-corrected chi connectivity index (χ2v) is 5.50. The average molecular weight is 290 g/mol. The lowest BCUT2D eigenvalue weighted by molar-refractivity contribution is -0.142. The van der Waals surface area contributed by atoms with Crippen molar-refractivity contribution in [2.45, 2.75) is 53.1 Å². The molecule has 3 heteroatoms. The van der Waals surface area contributed by atoms with E-state index in [9.17, 15) is 4.79 Å². The molecule has 1 aromatic rings. The molecule has 3 nitrogen and oxygen atoms in total. The van der Waals surface area contributed by atoms with Crippen molar-refractivity contribution in [3.63, 3.8) is 0 Å². The molecule has 0 fully saturated rings. The molecule has 0 aliphatic rings. The molecule has 0 unspecified atom stereocenters. The van der Waals surface area contributed by atoms with E-state index in [-0.39, 0.29) is 12.4 Å². The van der Waals surface area contributed by atoms with Crippen molar-refractivity contribution < 1.29 is 14.3 Å². The summed E-state index contributed by atoms with van der Waals surface area (Å²) < 4.78 is 11.2. The van der Waals surface area contributed by atoms with E-state index in [1.54, 1.807) is 0 Å². The Morgan fingerprint density at radius 3 is 2.52 bits per heavy atom. The van der Waals surface area contributed by atoms with Gasteiger partial charge in [-0.05, 0) is 45.8 Å². The van der Waals surface area contributed by atoms with Crippen LogP contribution in [0.2, 0.25) is 0 Å². The van der Waals surface area contributed by atoms with Crippen LogP contribution in [0.3, 0.4) is 0 Å². The average Bonchev–Trinajstić information content (AvgIpc) is 2.41. The highest BCUT2D eigenvalue weighted by atomic mass is 16.5. The van der Waals surface area contributed by atoms with E-state index >= 15 is 0 Å². The topological polar surface area (TPSA) is 35.5 Å². The Balaban J connectivity index is 2.93. The van der Waals surface area contributed by atoms with Crippen LogP contribution >= 0.6 is 0 Å². The summed E-state index contributed by atoms with van der Waals surface area (Å²) in [5, 5.41) is 0. The van der Waals surface area contributed by atoms with E-state index in [1.165, 1.54) is 5.57 Å². The minimum atomic E-state index is -0.402. The monoisotopic (exact) mass is 290 g/mol. The predicted molar refractivity (Wildman–Crippen MR) is 85.5 cm³/mol. The van der Waals surface area contributed by atoms with Gasteiger partial charge in [-0.15, -0.1) is 0 Å². The van der Waals surface area contributed by atoms with Gasteiger partial charge in [0.1, 0.15) is 11.4 Å². The van der Waals surface area contributed by atoms with Gasteiger partial charge in [0, 0.05) is 5.56 Å². The molecule has 0 aliphatic carbocycles. The number of para-hydroxylation sites is 1. The van der Waals surface area contributed by atoms with E-state index in [0.717, 1.165) is 17.7 Å². The summed E-state index contributed by atoms with van der Waals surface area (Å²) in [6.07, 6.45) is 3.37. The smallest absolute Gasteiger partial charge is 0.310 e. The van der Waals surface area contributed by atoms with E-state index < -0.39 is 5.60 Å². The van der Waals surface area contributed by atoms with E-state index in [0.29, 0.717) is 6.61 Å². The van der Waals surface area contributed by atoms with Crippen LogP contribution in [-0.4, -0.2) is 18.2 Å². The number of esters is 1. The molecule has 0 amide bonds. The second kappa shape index (κ2) is 7.87. The van der Waals surface area contributed by atoms with Crippen LogP contribution in [-0.2, 0) is 16.0 Å². The van der Waals surface area contributed by atoms with Crippen molar-refractivity contribution in [3.8, 4) is 5.75 Å². The summed E-state index contributed by atoms with van der Waals surface area (Å²) in [5.41, 5.74) is 1.63. The first-order valence-electron chi connectivity index (χ1n) is 7.50. The van der Waals surface area contributed by atoms with Gasteiger partial charge in [-0.25, -0.2) is 0 Å². The van der Waals surface area contributed by atoms with E-state index in [2.05, 4.69) is 19.9 Å². The van der Waals surface area contributed by atoms with Gasteiger partial charge in [0.25, 0.3) is 0 Å². The highest BCUT2D eigenvalue weighted by Gasteiger charge is 2.23. The van der Waals surface area contributed by atoms with Crippen molar-refractivity contribution in [2.24, 2.45) is 0 Å². The molecule has 0 saturated heterocycles. The first kappa shape index (κ1) is 17.3. The Bertz CT molecular complexity index is 501. The van der Waals surface area contributed by atoms with Crippen LogP contribution in [0.1, 0.15) is 46.6 Å². The predicted octanol–water partition coefficient (Wildman–Crippen LogP) is 4.31. The Labute approximate surface area is 128 Å². The van der Waals surface area contributed by atoms with Crippen molar-refractivity contribution in [3.05, 3.63) is 41.5 Å². The maximum absolute atomic E-state index is 11.7. The van der Waals surface area contributed by atoms with Crippen LogP contribution in [0, 0.1) is 0 Å². The highest BCUT2D eigenvalue weighted by molar-refractivity contribution is 5.73. The molecule has 1 aromatic carbocycles. The molecule has 0 atom stereocenters. The van der Waals surface area contributed by atoms with Crippen LogP contribution in [0.5, 0.6) is 5.75 Å². The van der Waals surface area contributed by atoms with Gasteiger partial charge < -0.3 is 9.47 Å². The fourth-order valence-corrected chi connectivity index (χ4v) is 2.02. The first-order valence-corrected chi connectivity index (χ1v) is 7.50. The molecule has 0 N–H and O–H groups in total. The molecule has 21 heavy (non-hydrogen) atoms. The van der Waals surface area contributed by atoms with Crippen LogP contribution in [0.15, 0.2) is 35.9 Å². The van der Waals surface area contributed by atoms with Gasteiger partial charge in [-0.2, -0.15) is 0 Å². The maximum Gasteiger partial charge on any atom is 0.310 e. The molecule has 0 aliphatic heterocycles. The zero-order chi connectivity index (χ0) is 15.9. The molecular weight excluding hydrogens is 264 g/mol. The maximum atomic E-state index is 11.7. The number of carbonyl (C=O) groups excluding carboxylic acids is 1. The van der Waals surface area contributed by atoms with Gasteiger partial charge >= 0.3 is 5.97 Å². The quantitative estimate of drug-likeness (QED) is 0.554. The minimum Gasteiger partial charge on any atom is -0.483 e. The Morgan fingerprint density at radius 1 is 1.24 bits per heavy atom. The Kier molecular flexibility index (Phi) is 6.47. The van der Waals surface area contributed by atoms with Crippen LogP contribution < -0.4 is 4.74 Å². The highest BCUT2D eigenvalue weighted by Crippen LogP contribution is 2.28. The zero-order valence-electron chi connectivity index (χ0n) is 13.7. The van der Waals surface area contributed by atoms with E-state index in [1.807, 2.05) is 45.0 Å². The summed E-state index contributed by atoms with van der Waals surface area (Å²) in [4.78, 5) is 11.7. The molecule has 0 heterocycles. The summed E-state index contributed by atoms with van der Waals surface area (Å²) in [6.45, 7) is 10.4. The van der Waals surface area contributed by atoms with Crippen molar-refractivity contribution in [2.75, 3.05) is 6.61 Å². The third-order valence-electron chi connectivity index (χ3n) is 3.44. The molecule has 0 aromatic heterocycles. The third kappa shape index (κ3) is 5.25. The number of hydrogen-bond donors (Lipinski definition) is 0. The molecule has 116 valence electrons. The SMILES string of the molecule is CC/C=C(\C)C(C)(C)Oc1ccccc1CC(=O)OCC. The summed E-state index contributed by atoms with van der Waals surface area (Å²) in [7, 11) is 0. The lowest BCUT2D eigenvalue weighted by Gasteiger charge is -2.29. The molecule has 1 rings (SSSR count). The molecule has 0 saturated carbocycles. The van der Waals surface area contributed by atoms with Crippen molar-refractivity contribution in [1.29, 1.82) is 0 Å². The van der Waals surface area contributed by atoms with Crippen LogP contribution in [0.25, 0.3) is 0 Å². The van der Waals surface area contributed by atoms with Crippen molar-refractivity contribution in [1.82, 2.24) is 0 Å². The fourth-order valence-electron chi connectivity index (χ4n) is 2.02. The number of rotatable bonds is 7. The van der Waals surface area contributed by atoms with Gasteiger partial charge in [0.15, 0.2) is 0 Å². The second-order valence-electron chi connectivity index (χ2n) is 5.50. The number of benzene rings is 1. The van der Waals surface area contributed by atoms with Gasteiger partial charge in [0.05, 0.1) is 13.0 Å². The lowest BCUT2D eigenvalue weighted by Crippen LogP contribution is -2.30. The number of allylic oxidation sites excluding steroid dienone is 1. The Hall–Kier alpha value is -1.77. The zero-order valence-corrected chi connectivity index (χ0v) is 13.7. The van der Waals surface area contributed by atoms with Crippen molar-refractivity contribution >= 4 is 5.97 Å². The molecule has 0 radical (unpaired) electrons. The van der Waals surface area contributed by atoms with Gasteiger partial charge in [-0.3, -0.25) is 4.79 Å². The fraction of sp³-hybridized carbons (Fsp3) is 0.500. The number of hydrogen-bond acceptors (Lipinski definition) is 3. The summed E-state index contributed by atoms with van der Waals surface area (Å²) in [5.74, 6) is 0.506.